The third kappa shape index (κ3) is 66.2. The van der Waals surface area contributed by atoms with Crippen molar-refractivity contribution in [3.63, 3.8) is 0 Å². The van der Waals surface area contributed by atoms with Crippen molar-refractivity contribution in [2.45, 2.75) is 386 Å². The SMILES string of the molecule is CCCCCCC/C=C\C/C=C\C/C=C\CCCCCCCCCCCCCCC(=O)NC(COP(=O)([O-])OCC[N+](C)(C)C)C(O)CCCCCCCCCCCCCCCCCCCCCCCCCCCCCCCCCCC. The lowest BCUT2D eigenvalue weighted by atomic mass is 10.0. The van der Waals surface area contributed by atoms with Crippen molar-refractivity contribution in [1.82, 2.24) is 5.32 Å². The van der Waals surface area contributed by atoms with Gasteiger partial charge in [0.2, 0.25) is 5.91 Å². The highest BCUT2D eigenvalue weighted by molar-refractivity contribution is 7.45. The largest absolute Gasteiger partial charge is 0.756 e. The molecule has 0 radical (unpaired) electrons. The number of amides is 1. The first-order chi connectivity index (χ1) is 40.0. The number of phosphoric ester groups is 1. The van der Waals surface area contributed by atoms with Crippen LogP contribution in [0.25, 0.3) is 0 Å². The first kappa shape index (κ1) is 80.7. The summed E-state index contributed by atoms with van der Waals surface area (Å²) in [7, 11) is 1.32. The Labute approximate surface area is 512 Å². The summed E-state index contributed by atoms with van der Waals surface area (Å²) in [5.41, 5.74) is 0. The Morgan fingerprint density at radius 2 is 0.707 bits per heavy atom. The topological polar surface area (TPSA) is 108 Å². The molecule has 3 unspecified atom stereocenters. The second kappa shape index (κ2) is 64.2. The van der Waals surface area contributed by atoms with Crippen LogP contribution in [-0.2, 0) is 18.4 Å². The van der Waals surface area contributed by atoms with Crippen LogP contribution < -0.4 is 10.2 Å². The first-order valence-corrected chi connectivity index (χ1v) is 37.8. The lowest BCUT2D eigenvalue weighted by Gasteiger charge is -2.30. The number of hydrogen-bond acceptors (Lipinski definition) is 6. The summed E-state index contributed by atoms with van der Waals surface area (Å²) in [6, 6.07) is -0.804. The molecule has 486 valence electrons. The van der Waals surface area contributed by atoms with Crippen LogP contribution >= 0.6 is 7.82 Å². The van der Waals surface area contributed by atoms with E-state index < -0.39 is 20.0 Å². The summed E-state index contributed by atoms with van der Waals surface area (Å²) in [4.78, 5) is 25.7. The van der Waals surface area contributed by atoms with Crippen LogP contribution in [0.2, 0.25) is 0 Å². The highest BCUT2D eigenvalue weighted by atomic mass is 31.2. The van der Waals surface area contributed by atoms with Crippen LogP contribution in [0.15, 0.2) is 36.5 Å². The minimum Gasteiger partial charge on any atom is -0.756 e. The molecule has 0 heterocycles. The molecule has 1 amide bonds. The van der Waals surface area contributed by atoms with Crippen molar-refractivity contribution in [2.75, 3.05) is 40.9 Å². The van der Waals surface area contributed by atoms with Gasteiger partial charge in [-0.05, 0) is 51.4 Å². The Bertz CT molecular complexity index is 1430. The van der Waals surface area contributed by atoms with Gasteiger partial charge in [0.15, 0.2) is 0 Å². The number of phosphoric acid groups is 1. The number of nitrogens with one attached hydrogen (secondary N) is 1. The highest BCUT2D eigenvalue weighted by Crippen LogP contribution is 2.38. The van der Waals surface area contributed by atoms with Gasteiger partial charge in [-0.3, -0.25) is 9.36 Å². The smallest absolute Gasteiger partial charge is 0.268 e. The van der Waals surface area contributed by atoms with Crippen molar-refractivity contribution in [1.29, 1.82) is 0 Å². The van der Waals surface area contributed by atoms with Crippen LogP contribution in [-0.4, -0.2) is 68.5 Å². The number of rotatable bonds is 68. The molecule has 0 bridgehead atoms. The van der Waals surface area contributed by atoms with E-state index in [0.717, 1.165) is 51.4 Å². The maximum Gasteiger partial charge on any atom is 0.268 e. The zero-order valence-electron chi connectivity index (χ0n) is 55.7. The van der Waals surface area contributed by atoms with Crippen LogP contribution in [0.4, 0.5) is 0 Å². The van der Waals surface area contributed by atoms with E-state index in [2.05, 4.69) is 55.6 Å². The monoisotopic (exact) mass is 1180 g/mol. The number of carbonyl (C=O) groups is 1. The van der Waals surface area contributed by atoms with Crippen molar-refractivity contribution >= 4 is 13.7 Å². The van der Waals surface area contributed by atoms with Gasteiger partial charge >= 0.3 is 0 Å². The molecule has 0 fully saturated rings. The highest BCUT2D eigenvalue weighted by Gasteiger charge is 2.24. The molecule has 0 aliphatic heterocycles. The standard InChI is InChI=1S/C73H143N2O6P/c1-6-8-10-12-14-16-18-20-22-24-26-28-30-32-34-35-36-37-38-39-41-42-44-46-48-50-52-54-56-58-60-62-64-66-72(76)71(70-81-82(78,79)80-69-68-75(3,4)5)74-73(77)67-65-63-61-59-57-55-53-51-49-47-45-43-40-33-31-29-27-25-23-21-19-17-15-13-11-9-7-2/h19,21,25,27,31,33,71-72,76H,6-18,20,22-24,26,28-30,32,34-70H2,1-5H3,(H-,74,77,78,79)/b21-19-,27-25-,33-31-. The molecule has 0 aromatic rings. The summed E-state index contributed by atoms with van der Waals surface area (Å²) in [5.74, 6) is -0.161. The molecule has 0 saturated carbocycles. The molecule has 3 atom stereocenters. The molecule has 0 saturated heterocycles. The molecule has 2 N–H and O–H groups in total. The molecular weight excluding hydrogens is 1030 g/mol. The van der Waals surface area contributed by atoms with Gasteiger partial charge in [-0.1, -0.05) is 352 Å². The quantitative estimate of drug-likeness (QED) is 0.0272. The van der Waals surface area contributed by atoms with Crippen LogP contribution in [0.3, 0.4) is 0 Å². The third-order valence-electron chi connectivity index (χ3n) is 16.9. The van der Waals surface area contributed by atoms with E-state index in [-0.39, 0.29) is 19.1 Å². The Balaban J connectivity index is 3.99. The molecule has 9 heteroatoms. The van der Waals surface area contributed by atoms with Gasteiger partial charge in [-0.15, -0.1) is 0 Å². The minimum absolute atomic E-state index is 0.0127. The lowest BCUT2D eigenvalue weighted by Crippen LogP contribution is -2.46. The Hall–Kier alpha value is -1.28. The van der Waals surface area contributed by atoms with Gasteiger partial charge in [0.1, 0.15) is 13.2 Å². The number of allylic oxidation sites excluding steroid dienone is 6. The average molecular weight is 1180 g/mol. The molecular formula is C73H143N2O6P. The van der Waals surface area contributed by atoms with Gasteiger partial charge in [0, 0.05) is 6.42 Å². The predicted molar refractivity (Wildman–Crippen MR) is 358 cm³/mol. The molecule has 0 spiro atoms. The fraction of sp³-hybridized carbons (Fsp3) is 0.904. The summed E-state index contributed by atoms with van der Waals surface area (Å²) in [5, 5.41) is 14.1. The van der Waals surface area contributed by atoms with Crippen LogP contribution in [0.1, 0.15) is 373 Å². The Kier molecular flexibility index (Phi) is 63.2. The molecule has 0 aromatic carbocycles. The molecule has 0 aliphatic carbocycles. The number of nitrogens with zero attached hydrogens (tertiary/aromatic N) is 1. The fourth-order valence-corrected chi connectivity index (χ4v) is 12.0. The first-order valence-electron chi connectivity index (χ1n) is 36.3. The second-order valence-electron chi connectivity index (χ2n) is 26.3. The average Bonchev–Trinajstić information content (AvgIpc) is 3.45. The van der Waals surface area contributed by atoms with Gasteiger partial charge in [-0.25, -0.2) is 0 Å². The van der Waals surface area contributed by atoms with Gasteiger partial charge in [-0.2, -0.15) is 0 Å². The Morgan fingerprint density at radius 3 is 1.02 bits per heavy atom. The van der Waals surface area contributed by atoms with E-state index in [1.807, 2.05) is 21.1 Å². The summed E-state index contributed by atoms with van der Waals surface area (Å²) in [6.07, 6.45) is 85.2. The van der Waals surface area contributed by atoms with Crippen molar-refractivity contribution < 1.29 is 32.9 Å². The summed E-state index contributed by atoms with van der Waals surface area (Å²) >= 11 is 0. The number of unbranched alkanes of at least 4 members (excludes halogenated alkanes) is 49. The fourth-order valence-electron chi connectivity index (χ4n) is 11.2. The Morgan fingerprint density at radius 1 is 0.427 bits per heavy atom. The van der Waals surface area contributed by atoms with E-state index in [1.165, 1.54) is 295 Å². The number of aliphatic hydroxyl groups excluding tert-OH is 1. The zero-order valence-corrected chi connectivity index (χ0v) is 56.6. The lowest BCUT2D eigenvalue weighted by molar-refractivity contribution is -0.870. The van der Waals surface area contributed by atoms with Gasteiger partial charge in [0.05, 0.1) is 39.9 Å². The summed E-state index contributed by atoms with van der Waals surface area (Å²) in [6.45, 7) is 4.77. The van der Waals surface area contributed by atoms with Crippen LogP contribution in [0, 0.1) is 0 Å². The van der Waals surface area contributed by atoms with E-state index in [0.29, 0.717) is 23.9 Å². The third-order valence-corrected chi connectivity index (χ3v) is 17.8. The molecule has 82 heavy (non-hydrogen) atoms. The van der Waals surface area contributed by atoms with Gasteiger partial charge < -0.3 is 28.8 Å². The van der Waals surface area contributed by atoms with Crippen LogP contribution in [0.5, 0.6) is 0 Å². The minimum atomic E-state index is -4.58. The predicted octanol–water partition coefficient (Wildman–Crippen LogP) is 22.6. The van der Waals surface area contributed by atoms with Crippen molar-refractivity contribution in [2.24, 2.45) is 0 Å². The second-order valence-corrected chi connectivity index (χ2v) is 27.7. The van der Waals surface area contributed by atoms with E-state index in [9.17, 15) is 19.4 Å². The molecule has 8 nitrogen and oxygen atoms in total. The molecule has 0 rings (SSSR count). The normalized spacial score (nSPS) is 13.8. The van der Waals surface area contributed by atoms with E-state index in [1.54, 1.807) is 0 Å². The maximum atomic E-state index is 13.1. The maximum absolute atomic E-state index is 13.1. The van der Waals surface area contributed by atoms with Crippen molar-refractivity contribution in [3.05, 3.63) is 36.5 Å². The molecule has 0 aromatic heterocycles. The van der Waals surface area contributed by atoms with Crippen molar-refractivity contribution in [3.8, 4) is 0 Å². The number of quaternary nitrogens is 1. The summed E-state index contributed by atoms with van der Waals surface area (Å²) < 4.78 is 23.6. The number of aliphatic hydroxyl groups is 1. The number of carbonyl (C=O) groups excluding carboxylic acids is 1. The van der Waals surface area contributed by atoms with Gasteiger partial charge in [0.25, 0.3) is 7.82 Å². The molecule has 0 aliphatic rings. The van der Waals surface area contributed by atoms with E-state index >= 15 is 0 Å². The zero-order chi connectivity index (χ0) is 59.8. The number of hydrogen-bond donors (Lipinski definition) is 2. The van der Waals surface area contributed by atoms with E-state index in [4.69, 9.17) is 9.05 Å². The number of likely N-dealkylation sites (N-methyl/N-ethyl adjacent to an activating group) is 1.